The summed E-state index contributed by atoms with van der Waals surface area (Å²) in [5.74, 6) is 6.71. The molecule has 1 fully saturated rings. The highest BCUT2D eigenvalue weighted by atomic mass is 16.1. The number of hydrogen-bond acceptors (Lipinski definition) is 1. The Morgan fingerprint density at radius 1 is 0.700 bits per heavy atom. The van der Waals surface area contributed by atoms with Gasteiger partial charge in [-0.3, -0.25) is 4.79 Å². The maximum absolute atomic E-state index is 12.0. The zero-order valence-electron chi connectivity index (χ0n) is 19.3. The number of rotatable bonds is 1. The van der Waals surface area contributed by atoms with E-state index in [-0.39, 0.29) is 0 Å². The smallest absolute Gasteiger partial charge is 0.150 e. The molecule has 3 aliphatic rings. The summed E-state index contributed by atoms with van der Waals surface area (Å²) in [7, 11) is 0. The normalized spacial score (nSPS) is 42.3. The first-order chi connectivity index (χ1) is 14.4. The van der Waals surface area contributed by atoms with Crippen molar-refractivity contribution in [3.8, 4) is 0 Å². The Morgan fingerprint density at radius 2 is 1.30 bits per heavy atom. The summed E-state index contributed by atoms with van der Waals surface area (Å²) >= 11 is 0. The van der Waals surface area contributed by atoms with E-state index in [1.807, 2.05) is 12.1 Å². The second-order valence-corrected chi connectivity index (χ2v) is 10.8. The van der Waals surface area contributed by atoms with Crippen molar-refractivity contribution in [1.82, 2.24) is 0 Å². The van der Waals surface area contributed by atoms with Crippen LogP contribution in [-0.2, 0) is 0 Å². The fourth-order valence-electron chi connectivity index (χ4n) is 8.60. The second kappa shape index (κ2) is 7.08. The topological polar surface area (TPSA) is 17.1 Å². The molecule has 2 aromatic rings. The highest BCUT2D eigenvalue weighted by Crippen LogP contribution is 2.63. The van der Waals surface area contributed by atoms with E-state index in [1.165, 1.54) is 21.9 Å². The molecule has 10 unspecified atom stereocenters. The minimum Gasteiger partial charge on any atom is -0.298 e. The van der Waals surface area contributed by atoms with E-state index in [4.69, 9.17) is 0 Å². The zero-order valence-corrected chi connectivity index (χ0v) is 19.3. The molecule has 0 spiro atoms. The highest BCUT2D eigenvalue weighted by Gasteiger charge is 2.55. The predicted molar refractivity (Wildman–Crippen MR) is 126 cm³/mol. The number of fused-ring (bicyclic) bond motifs is 5. The molecule has 0 aliphatic heterocycles. The van der Waals surface area contributed by atoms with Gasteiger partial charge in [-0.25, -0.2) is 0 Å². The molecule has 1 nitrogen and oxygen atoms in total. The van der Waals surface area contributed by atoms with Crippen LogP contribution in [0.1, 0.15) is 74.9 Å². The quantitative estimate of drug-likeness (QED) is 0.358. The third kappa shape index (κ3) is 2.57. The van der Waals surface area contributed by atoms with Gasteiger partial charge in [-0.2, -0.15) is 0 Å². The monoisotopic (exact) mass is 400 g/mol. The van der Waals surface area contributed by atoms with Crippen LogP contribution in [0.3, 0.4) is 0 Å². The number of carbonyl (C=O) groups excluding carboxylic acids is 1. The number of allylic oxidation sites excluding steroid dienone is 2. The standard InChI is InChI=1S/C29H36O/c1-15-10-11-16(2)25-19(5)27-20(6)28-23(17(3)26(27)18(4)24(15)25)13-12-21-8-7-9-22(14-30)29(21)28/h7-20,24-27H,1-6H3. The molecule has 0 bridgehead atoms. The maximum Gasteiger partial charge on any atom is 0.150 e. The van der Waals surface area contributed by atoms with Crippen molar-refractivity contribution < 1.29 is 4.79 Å². The lowest BCUT2D eigenvalue weighted by Gasteiger charge is -2.60. The Bertz CT molecular complexity index is 1020. The summed E-state index contributed by atoms with van der Waals surface area (Å²) in [5, 5.41) is 2.43. The van der Waals surface area contributed by atoms with Gasteiger partial charge in [0, 0.05) is 5.56 Å². The number of benzene rings is 2. The minimum atomic E-state index is 0.484. The first-order valence-corrected chi connectivity index (χ1v) is 12.1. The van der Waals surface area contributed by atoms with Crippen molar-refractivity contribution in [2.45, 2.75) is 53.4 Å². The molecular formula is C29H36O. The summed E-state index contributed by atoms with van der Waals surface area (Å²) in [6.07, 6.45) is 6.04. The molecule has 0 aromatic heterocycles. The van der Waals surface area contributed by atoms with Gasteiger partial charge in [-0.1, -0.05) is 84.0 Å². The first-order valence-electron chi connectivity index (χ1n) is 12.1. The van der Waals surface area contributed by atoms with Gasteiger partial charge in [0.05, 0.1) is 0 Å². The Labute approximate surface area is 182 Å². The zero-order chi connectivity index (χ0) is 21.3. The van der Waals surface area contributed by atoms with Crippen LogP contribution in [0.2, 0.25) is 0 Å². The Balaban J connectivity index is 1.72. The Hall–Kier alpha value is -1.89. The van der Waals surface area contributed by atoms with Crippen LogP contribution < -0.4 is 0 Å². The van der Waals surface area contributed by atoms with E-state index in [1.54, 1.807) is 0 Å². The van der Waals surface area contributed by atoms with E-state index in [0.717, 1.165) is 29.6 Å². The lowest BCUT2D eigenvalue weighted by atomic mass is 9.45. The van der Waals surface area contributed by atoms with Gasteiger partial charge in [0.15, 0.2) is 6.29 Å². The molecule has 3 aliphatic carbocycles. The van der Waals surface area contributed by atoms with Gasteiger partial charge in [0.1, 0.15) is 0 Å². The average molecular weight is 401 g/mol. The Kier molecular flexibility index (Phi) is 4.73. The van der Waals surface area contributed by atoms with Crippen molar-refractivity contribution in [2.24, 2.45) is 47.3 Å². The SMILES string of the molecule is CC1C=CC(C)C2C(C)C3C(C)c4c(ccc5cccc(C=O)c45)C(C)C3C(C)C12. The van der Waals surface area contributed by atoms with Crippen molar-refractivity contribution in [2.75, 3.05) is 0 Å². The van der Waals surface area contributed by atoms with E-state index in [9.17, 15) is 4.79 Å². The van der Waals surface area contributed by atoms with Gasteiger partial charge >= 0.3 is 0 Å². The van der Waals surface area contributed by atoms with Crippen LogP contribution in [0.5, 0.6) is 0 Å². The second-order valence-electron chi connectivity index (χ2n) is 10.8. The van der Waals surface area contributed by atoms with Crippen LogP contribution in [0, 0.1) is 47.3 Å². The van der Waals surface area contributed by atoms with Gasteiger partial charge in [-0.15, -0.1) is 0 Å². The fourth-order valence-corrected chi connectivity index (χ4v) is 8.60. The predicted octanol–water partition coefficient (Wildman–Crippen LogP) is 7.47. The molecule has 0 amide bonds. The molecule has 5 rings (SSSR count). The van der Waals surface area contributed by atoms with Gasteiger partial charge in [-0.05, 0) is 81.1 Å². The van der Waals surface area contributed by atoms with Gasteiger partial charge in [0.2, 0.25) is 0 Å². The molecule has 30 heavy (non-hydrogen) atoms. The summed E-state index contributed by atoms with van der Waals surface area (Å²) in [4.78, 5) is 12.0. The molecule has 0 saturated heterocycles. The Morgan fingerprint density at radius 3 is 1.90 bits per heavy atom. The van der Waals surface area contributed by atoms with E-state index in [0.29, 0.717) is 41.4 Å². The van der Waals surface area contributed by atoms with Crippen molar-refractivity contribution in [3.05, 3.63) is 59.2 Å². The number of aldehydes is 1. The molecule has 2 aromatic carbocycles. The molecule has 0 heterocycles. The van der Waals surface area contributed by atoms with Crippen LogP contribution in [0.4, 0.5) is 0 Å². The fraction of sp³-hybridized carbons (Fsp3) is 0.552. The molecule has 1 saturated carbocycles. The summed E-state index contributed by atoms with van der Waals surface area (Å²) in [6, 6.07) is 10.8. The van der Waals surface area contributed by atoms with Crippen molar-refractivity contribution in [1.29, 1.82) is 0 Å². The number of carbonyl (C=O) groups is 1. The number of hydrogen-bond donors (Lipinski definition) is 0. The third-order valence-electron chi connectivity index (χ3n) is 9.63. The average Bonchev–Trinajstić information content (AvgIpc) is 2.74. The van der Waals surface area contributed by atoms with E-state index < -0.39 is 0 Å². The molecule has 0 N–H and O–H groups in total. The third-order valence-corrected chi connectivity index (χ3v) is 9.63. The highest BCUT2D eigenvalue weighted by molar-refractivity contribution is 6.01. The molecule has 10 atom stereocenters. The van der Waals surface area contributed by atoms with Crippen LogP contribution in [0.25, 0.3) is 10.8 Å². The summed E-state index contributed by atoms with van der Waals surface area (Å²) in [5.41, 5.74) is 3.82. The van der Waals surface area contributed by atoms with Crippen LogP contribution >= 0.6 is 0 Å². The van der Waals surface area contributed by atoms with Crippen LogP contribution in [-0.4, -0.2) is 6.29 Å². The van der Waals surface area contributed by atoms with E-state index >= 15 is 0 Å². The van der Waals surface area contributed by atoms with Gasteiger partial charge in [0.25, 0.3) is 0 Å². The van der Waals surface area contributed by atoms with Crippen LogP contribution in [0.15, 0.2) is 42.5 Å². The summed E-state index contributed by atoms with van der Waals surface area (Å²) < 4.78 is 0. The lowest BCUT2D eigenvalue weighted by molar-refractivity contribution is -0.0647. The van der Waals surface area contributed by atoms with Crippen molar-refractivity contribution >= 4 is 17.1 Å². The summed E-state index contributed by atoms with van der Waals surface area (Å²) in [6.45, 7) is 14.9. The maximum atomic E-state index is 12.0. The molecule has 1 heteroatoms. The lowest BCUT2D eigenvalue weighted by Crippen LogP contribution is -2.53. The van der Waals surface area contributed by atoms with E-state index in [2.05, 4.69) is 71.9 Å². The molecule has 158 valence electrons. The largest absolute Gasteiger partial charge is 0.298 e. The molecular weight excluding hydrogens is 364 g/mol. The first kappa shape index (κ1) is 20.0. The minimum absolute atomic E-state index is 0.484. The molecule has 0 radical (unpaired) electrons. The van der Waals surface area contributed by atoms with Crippen molar-refractivity contribution in [3.63, 3.8) is 0 Å². The van der Waals surface area contributed by atoms with Gasteiger partial charge < -0.3 is 0 Å².